The number of nitrogens with one attached hydrogen (secondary N) is 2. The summed E-state index contributed by atoms with van der Waals surface area (Å²) in [6.45, 7) is 6.96. The molecular formula is C38H72N2O5. The van der Waals surface area contributed by atoms with Crippen molar-refractivity contribution in [3.63, 3.8) is 0 Å². The summed E-state index contributed by atoms with van der Waals surface area (Å²) in [6.07, 6.45) is 27.3. The average molecular weight is 637 g/mol. The quantitative estimate of drug-likeness (QED) is 0.0379. The molecule has 2 atom stereocenters. The molecule has 1 rings (SSSR count). The van der Waals surface area contributed by atoms with Crippen LogP contribution in [-0.2, 0) is 9.47 Å². The molecule has 0 spiro atoms. The lowest BCUT2D eigenvalue weighted by atomic mass is 10.1. The van der Waals surface area contributed by atoms with E-state index in [9.17, 15) is 15.3 Å². The molecule has 1 aromatic rings. The lowest BCUT2D eigenvalue weighted by molar-refractivity contribution is 0.0414. The molecule has 2 unspecified atom stereocenters. The summed E-state index contributed by atoms with van der Waals surface area (Å²) in [5, 5.41) is 37.5. The van der Waals surface area contributed by atoms with Gasteiger partial charge >= 0.3 is 0 Å². The summed E-state index contributed by atoms with van der Waals surface area (Å²) in [7, 11) is 0. The van der Waals surface area contributed by atoms with Gasteiger partial charge in [0.25, 0.3) is 0 Å². The van der Waals surface area contributed by atoms with Gasteiger partial charge in [-0.3, -0.25) is 0 Å². The first kappa shape index (κ1) is 41.5. The molecule has 264 valence electrons. The van der Waals surface area contributed by atoms with Crippen molar-refractivity contribution < 1.29 is 24.8 Å². The van der Waals surface area contributed by atoms with Crippen LogP contribution in [0.15, 0.2) is 18.2 Å². The van der Waals surface area contributed by atoms with E-state index in [-0.39, 0.29) is 25.5 Å². The number of para-hydroxylation sites is 1. The van der Waals surface area contributed by atoms with Crippen LogP contribution in [0, 0.1) is 0 Å². The van der Waals surface area contributed by atoms with Crippen molar-refractivity contribution in [2.24, 2.45) is 0 Å². The SMILES string of the molecule is CCCCCCCCCCCCCOCC(O)CNc1cccc(O)c1NCC(O)COCCCCCCCCCCCCC. The van der Waals surface area contributed by atoms with Crippen molar-refractivity contribution in [1.29, 1.82) is 0 Å². The maximum absolute atomic E-state index is 10.4. The minimum absolute atomic E-state index is 0.0938. The second-order valence-electron chi connectivity index (χ2n) is 13.0. The van der Waals surface area contributed by atoms with E-state index >= 15 is 0 Å². The zero-order valence-corrected chi connectivity index (χ0v) is 29.3. The highest BCUT2D eigenvalue weighted by Crippen LogP contribution is 2.31. The summed E-state index contributed by atoms with van der Waals surface area (Å²) in [4.78, 5) is 0. The smallest absolute Gasteiger partial charge is 0.140 e. The first-order chi connectivity index (χ1) is 22.1. The Labute approximate surface area is 277 Å². The van der Waals surface area contributed by atoms with Gasteiger partial charge in [-0.1, -0.05) is 148 Å². The third kappa shape index (κ3) is 25.3. The summed E-state index contributed by atoms with van der Waals surface area (Å²) in [6, 6.07) is 5.21. The number of anilines is 2. The van der Waals surface area contributed by atoms with E-state index in [0.29, 0.717) is 31.1 Å². The summed E-state index contributed by atoms with van der Waals surface area (Å²) in [5.74, 6) is 0.0938. The Balaban J connectivity index is 2.08. The molecule has 0 saturated carbocycles. The molecule has 45 heavy (non-hydrogen) atoms. The summed E-state index contributed by atoms with van der Waals surface area (Å²) in [5.41, 5.74) is 1.18. The van der Waals surface area contributed by atoms with Gasteiger partial charge in [0.15, 0.2) is 0 Å². The summed E-state index contributed by atoms with van der Waals surface area (Å²) >= 11 is 0. The monoisotopic (exact) mass is 637 g/mol. The Morgan fingerprint density at radius 2 is 0.911 bits per heavy atom. The highest BCUT2D eigenvalue weighted by atomic mass is 16.5. The van der Waals surface area contributed by atoms with Crippen molar-refractivity contribution in [2.45, 2.75) is 167 Å². The van der Waals surface area contributed by atoms with Gasteiger partial charge in [0.05, 0.1) is 31.1 Å². The predicted molar refractivity (Wildman–Crippen MR) is 192 cm³/mol. The van der Waals surface area contributed by atoms with Crippen LogP contribution in [0.5, 0.6) is 5.75 Å². The molecule has 0 aliphatic carbocycles. The fraction of sp³-hybridized carbons (Fsp3) is 0.842. The van der Waals surface area contributed by atoms with Gasteiger partial charge < -0.3 is 35.4 Å². The average Bonchev–Trinajstić information content (AvgIpc) is 3.04. The Bertz CT molecular complexity index is 766. The molecule has 0 bridgehead atoms. The minimum atomic E-state index is -0.681. The lowest BCUT2D eigenvalue weighted by Crippen LogP contribution is -2.27. The van der Waals surface area contributed by atoms with E-state index in [0.717, 1.165) is 12.8 Å². The predicted octanol–water partition coefficient (Wildman–Crippen LogP) is 9.59. The van der Waals surface area contributed by atoms with Crippen LogP contribution >= 0.6 is 0 Å². The van der Waals surface area contributed by atoms with Gasteiger partial charge in [0.1, 0.15) is 11.4 Å². The van der Waals surface area contributed by atoms with Crippen molar-refractivity contribution >= 4 is 11.4 Å². The van der Waals surface area contributed by atoms with Gasteiger partial charge in [-0.15, -0.1) is 0 Å². The highest BCUT2D eigenvalue weighted by Gasteiger charge is 2.12. The second kappa shape index (κ2) is 31.1. The van der Waals surface area contributed by atoms with Crippen LogP contribution in [-0.4, -0.2) is 67.0 Å². The van der Waals surface area contributed by atoms with Gasteiger partial charge in [-0.25, -0.2) is 0 Å². The van der Waals surface area contributed by atoms with Crippen LogP contribution in [0.3, 0.4) is 0 Å². The number of phenolic OH excluding ortho intramolecular Hbond substituents is 1. The normalized spacial score (nSPS) is 12.8. The number of benzene rings is 1. The fourth-order valence-electron chi connectivity index (χ4n) is 5.61. The topological polar surface area (TPSA) is 103 Å². The molecular weight excluding hydrogens is 564 g/mol. The molecule has 0 fully saturated rings. The Hall–Kier alpha value is -1.54. The van der Waals surface area contributed by atoms with Crippen molar-refractivity contribution in [2.75, 3.05) is 50.2 Å². The molecule has 0 radical (unpaired) electrons. The molecule has 0 saturated heterocycles. The number of hydrogen-bond donors (Lipinski definition) is 5. The molecule has 7 heteroatoms. The van der Waals surface area contributed by atoms with E-state index in [2.05, 4.69) is 24.5 Å². The standard InChI is InChI=1S/C38H72N2O5/c1-3-5-7-9-11-13-15-17-19-21-23-28-44-32-34(41)30-39-36-26-25-27-37(43)38(36)40-31-35(42)33-45-29-24-22-20-18-16-14-12-10-8-6-4-2/h25-27,34-35,39-43H,3-24,28-33H2,1-2H3. The summed E-state index contributed by atoms with van der Waals surface area (Å²) < 4.78 is 11.4. The van der Waals surface area contributed by atoms with Crippen molar-refractivity contribution in [1.82, 2.24) is 0 Å². The molecule has 0 aliphatic rings. The van der Waals surface area contributed by atoms with Crippen LogP contribution in [0.4, 0.5) is 11.4 Å². The van der Waals surface area contributed by atoms with Crippen LogP contribution < -0.4 is 10.6 Å². The molecule has 0 amide bonds. The number of hydrogen-bond acceptors (Lipinski definition) is 7. The maximum atomic E-state index is 10.4. The molecule has 7 nitrogen and oxygen atoms in total. The zero-order chi connectivity index (χ0) is 32.6. The lowest BCUT2D eigenvalue weighted by Gasteiger charge is -2.19. The first-order valence-corrected chi connectivity index (χ1v) is 18.9. The van der Waals surface area contributed by atoms with E-state index in [4.69, 9.17) is 9.47 Å². The minimum Gasteiger partial charge on any atom is -0.506 e. The largest absolute Gasteiger partial charge is 0.506 e. The fourth-order valence-corrected chi connectivity index (χ4v) is 5.61. The number of ether oxygens (including phenoxy) is 2. The third-order valence-corrected chi connectivity index (χ3v) is 8.49. The van der Waals surface area contributed by atoms with Gasteiger partial charge in [0.2, 0.25) is 0 Å². The van der Waals surface area contributed by atoms with Crippen LogP contribution in [0.25, 0.3) is 0 Å². The number of phenols is 1. The Morgan fingerprint density at radius 3 is 1.33 bits per heavy atom. The van der Waals surface area contributed by atoms with Gasteiger partial charge in [-0.2, -0.15) is 0 Å². The molecule has 0 heterocycles. The molecule has 1 aromatic carbocycles. The van der Waals surface area contributed by atoms with Crippen molar-refractivity contribution in [3.8, 4) is 5.75 Å². The van der Waals surface area contributed by atoms with Gasteiger partial charge in [0, 0.05) is 26.3 Å². The number of aliphatic hydroxyl groups excluding tert-OH is 2. The number of unbranched alkanes of at least 4 members (excludes halogenated alkanes) is 20. The molecule has 5 N–H and O–H groups in total. The number of aliphatic hydroxyl groups is 2. The zero-order valence-electron chi connectivity index (χ0n) is 29.3. The van der Waals surface area contributed by atoms with E-state index in [1.54, 1.807) is 12.1 Å². The van der Waals surface area contributed by atoms with E-state index in [1.165, 1.54) is 128 Å². The Morgan fingerprint density at radius 1 is 0.533 bits per heavy atom. The highest BCUT2D eigenvalue weighted by molar-refractivity contribution is 5.75. The van der Waals surface area contributed by atoms with Crippen LogP contribution in [0.2, 0.25) is 0 Å². The number of rotatable bonds is 34. The van der Waals surface area contributed by atoms with E-state index < -0.39 is 12.2 Å². The molecule has 0 aromatic heterocycles. The van der Waals surface area contributed by atoms with Crippen LogP contribution in [0.1, 0.15) is 155 Å². The Kier molecular flexibility index (Phi) is 28.7. The van der Waals surface area contributed by atoms with E-state index in [1.807, 2.05) is 6.07 Å². The second-order valence-corrected chi connectivity index (χ2v) is 13.0. The first-order valence-electron chi connectivity index (χ1n) is 18.9. The van der Waals surface area contributed by atoms with Crippen molar-refractivity contribution in [3.05, 3.63) is 18.2 Å². The molecule has 0 aliphatic heterocycles. The number of aromatic hydroxyl groups is 1. The van der Waals surface area contributed by atoms with Gasteiger partial charge in [-0.05, 0) is 25.0 Å². The maximum Gasteiger partial charge on any atom is 0.140 e. The third-order valence-electron chi connectivity index (χ3n) is 8.49.